The van der Waals surface area contributed by atoms with Crippen molar-refractivity contribution in [2.45, 2.75) is 0 Å². The first kappa shape index (κ1) is 8.64. The van der Waals surface area contributed by atoms with Crippen LogP contribution in [0.4, 0.5) is 4.39 Å². The van der Waals surface area contributed by atoms with Gasteiger partial charge in [0.25, 0.3) is 0 Å². The van der Waals surface area contributed by atoms with Crippen molar-refractivity contribution in [2.75, 3.05) is 0 Å². The van der Waals surface area contributed by atoms with Gasteiger partial charge in [-0.3, -0.25) is 4.39 Å². The Bertz CT molecular complexity index is 165. The molecule has 1 rings (SSSR count). The fourth-order valence-electron chi connectivity index (χ4n) is 0.498. The van der Waals surface area contributed by atoms with E-state index in [1.807, 2.05) is 0 Å². The van der Waals surface area contributed by atoms with Crippen LogP contribution in [0.15, 0.2) is 24.3 Å². The van der Waals surface area contributed by atoms with Crippen molar-refractivity contribution in [2.24, 2.45) is 0 Å². The molecule has 0 amide bonds. The predicted octanol–water partition coefficient (Wildman–Crippen LogP) is 2.01. The zero-order chi connectivity index (χ0) is 5.98. The molecular weight excluding hydrogens is 168 g/mol. The molecule has 1 aromatic carbocycles. The minimum absolute atomic E-state index is 0. The molecule has 0 aliphatic carbocycles. The van der Waals surface area contributed by atoms with Gasteiger partial charge in [-0.1, -0.05) is 12.1 Å². The molecule has 9 heavy (non-hydrogen) atoms. The maximum absolute atomic E-state index is 12.3. The minimum atomic E-state index is -0.243. The molecule has 0 aliphatic rings. The van der Waals surface area contributed by atoms with Crippen molar-refractivity contribution in [1.29, 1.82) is 0 Å². The molecular formula is C7H6FZn-. The van der Waals surface area contributed by atoms with Crippen molar-refractivity contribution in [3.63, 3.8) is 0 Å². The number of halogens is 1. The summed E-state index contributed by atoms with van der Waals surface area (Å²) in [5, 5.41) is 0. The Morgan fingerprint density at radius 1 is 1.22 bits per heavy atom. The van der Waals surface area contributed by atoms with Crippen molar-refractivity contribution >= 4 is 0 Å². The van der Waals surface area contributed by atoms with Crippen LogP contribution >= 0.6 is 0 Å². The van der Waals surface area contributed by atoms with Crippen molar-refractivity contribution in [3.05, 3.63) is 42.6 Å². The molecule has 44 valence electrons. The third kappa shape index (κ3) is 2.15. The third-order valence-electron chi connectivity index (χ3n) is 0.958. The van der Waals surface area contributed by atoms with Gasteiger partial charge in [-0.15, -0.1) is 6.07 Å². The summed E-state index contributed by atoms with van der Waals surface area (Å²) in [5.41, 5.74) is 0.451. The van der Waals surface area contributed by atoms with Gasteiger partial charge in [0.15, 0.2) is 0 Å². The molecule has 0 fully saturated rings. The van der Waals surface area contributed by atoms with E-state index in [-0.39, 0.29) is 25.3 Å². The minimum Gasteiger partial charge on any atom is -0.284 e. The molecule has 0 aromatic heterocycles. The van der Waals surface area contributed by atoms with Crippen LogP contribution in [0.2, 0.25) is 0 Å². The van der Waals surface area contributed by atoms with Crippen LogP contribution in [0.3, 0.4) is 0 Å². The number of rotatable bonds is 0. The van der Waals surface area contributed by atoms with Crippen LogP contribution in [-0.2, 0) is 19.5 Å². The van der Waals surface area contributed by atoms with Gasteiger partial charge in [-0.2, -0.15) is 18.6 Å². The Labute approximate surface area is 66.8 Å². The maximum Gasteiger partial charge on any atom is 0.0157 e. The molecule has 0 N–H and O–H groups in total. The largest absolute Gasteiger partial charge is 0.284 e. The molecule has 0 saturated carbocycles. The van der Waals surface area contributed by atoms with E-state index in [4.69, 9.17) is 0 Å². The normalized spacial score (nSPS) is 8.11. The van der Waals surface area contributed by atoms with Crippen LogP contribution in [0, 0.1) is 12.7 Å². The zero-order valence-corrected chi connectivity index (χ0v) is 8.07. The second-order valence-corrected chi connectivity index (χ2v) is 1.59. The van der Waals surface area contributed by atoms with E-state index >= 15 is 0 Å². The maximum atomic E-state index is 12.3. The van der Waals surface area contributed by atoms with E-state index in [1.54, 1.807) is 18.2 Å². The average Bonchev–Trinajstić information content (AvgIpc) is 1.77. The summed E-state index contributed by atoms with van der Waals surface area (Å²) in [6.45, 7) is 3.45. The van der Waals surface area contributed by atoms with E-state index in [1.165, 1.54) is 6.07 Å². The van der Waals surface area contributed by atoms with Gasteiger partial charge in [0.2, 0.25) is 0 Å². The van der Waals surface area contributed by atoms with Gasteiger partial charge < -0.3 is 0 Å². The van der Waals surface area contributed by atoms with Gasteiger partial charge in [0, 0.05) is 25.3 Å². The van der Waals surface area contributed by atoms with Crippen LogP contribution in [0.1, 0.15) is 5.56 Å². The first-order valence-corrected chi connectivity index (χ1v) is 2.37. The topological polar surface area (TPSA) is 0 Å². The summed E-state index contributed by atoms with van der Waals surface area (Å²) < 4.78 is 12.3. The van der Waals surface area contributed by atoms with Gasteiger partial charge in [-0.25, -0.2) is 0 Å². The Kier molecular flexibility index (Phi) is 3.48. The Balaban J connectivity index is 0.000000640. The second kappa shape index (κ2) is 3.63. The first-order chi connectivity index (χ1) is 3.80. The van der Waals surface area contributed by atoms with Gasteiger partial charge in [0.1, 0.15) is 0 Å². The molecule has 1 aromatic rings. The third-order valence-corrected chi connectivity index (χ3v) is 0.958. The summed E-state index contributed by atoms with van der Waals surface area (Å²) in [6.07, 6.45) is 0. The van der Waals surface area contributed by atoms with Crippen LogP contribution in [0.25, 0.3) is 0 Å². The fourth-order valence-corrected chi connectivity index (χ4v) is 0.498. The van der Waals surface area contributed by atoms with Crippen LogP contribution in [-0.4, -0.2) is 0 Å². The molecule has 0 saturated heterocycles. The van der Waals surface area contributed by atoms with E-state index in [0.717, 1.165) is 0 Å². The molecule has 0 bridgehead atoms. The number of benzene rings is 1. The molecule has 0 atom stereocenters. The quantitative estimate of drug-likeness (QED) is 0.417. The second-order valence-electron chi connectivity index (χ2n) is 1.59. The van der Waals surface area contributed by atoms with Crippen molar-refractivity contribution in [3.8, 4) is 0 Å². The molecule has 0 nitrogen and oxygen atoms in total. The molecule has 0 spiro atoms. The molecule has 0 unspecified atom stereocenters. The first-order valence-electron chi connectivity index (χ1n) is 2.37. The van der Waals surface area contributed by atoms with Crippen molar-refractivity contribution in [1.82, 2.24) is 0 Å². The standard InChI is InChI=1S/C7H6F.Zn/c1-6-4-2-3-5-7(6)8;/h2-5H,1H2;/q-1;. The fraction of sp³-hybridized carbons (Fsp3) is 0. The Morgan fingerprint density at radius 2 is 1.78 bits per heavy atom. The monoisotopic (exact) mass is 173 g/mol. The number of hydrogen-bond acceptors (Lipinski definition) is 0. The Morgan fingerprint density at radius 3 is 2.11 bits per heavy atom. The zero-order valence-electron chi connectivity index (χ0n) is 5.10. The van der Waals surface area contributed by atoms with Gasteiger partial charge >= 0.3 is 0 Å². The van der Waals surface area contributed by atoms with Crippen LogP contribution < -0.4 is 0 Å². The average molecular weight is 175 g/mol. The van der Waals surface area contributed by atoms with E-state index < -0.39 is 0 Å². The van der Waals surface area contributed by atoms with Crippen LogP contribution in [0.5, 0.6) is 0 Å². The summed E-state index contributed by atoms with van der Waals surface area (Å²) in [4.78, 5) is 0. The predicted molar refractivity (Wildman–Crippen MR) is 30.9 cm³/mol. The smallest absolute Gasteiger partial charge is 0.0157 e. The molecule has 0 heterocycles. The number of hydrogen-bond donors (Lipinski definition) is 0. The summed E-state index contributed by atoms with van der Waals surface area (Å²) >= 11 is 0. The summed E-state index contributed by atoms with van der Waals surface area (Å²) in [7, 11) is 0. The van der Waals surface area contributed by atoms with Gasteiger partial charge in [-0.05, 0) is 0 Å². The molecule has 2 heteroatoms. The van der Waals surface area contributed by atoms with Crippen molar-refractivity contribution < 1.29 is 23.9 Å². The van der Waals surface area contributed by atoms with E-state index in [2.05, 4.69) is 6.92 Å². The summed E-state index contributed by atoms with van der Waals surface area (Å²) in [5.74, 6) is -0.243. The molecule has 0 radical (unpaired) electrons. The SMILES string of the molecule is [CH2-]c1ccccc1F.[Zn]. The van der Waals surface area contributed by atoms with E-state index in [9.17, 15) is 4.39 Å². The molecule has 0 aliphatic heterocycles. The van der Waals surface area contributed by atoms with E-state index in [0.29, 0.717) is 5.56 Å². The Hall–Kier alpha value is -0.357. The summed E-state index contributed by atoms with van der Waals surface area (Å²) in [6, 6.07) is 6.42. The van der Waals surface area contributed by atoms with Gasteiger partial charge in [0.05, 0.1) is 0 Å².